The zero-order valence-electron chi connectivity index (χ0n) is 14.3. The summed E-state index contributed by atoms with van der Waals surface area (Å²) >= 11 is 0. The normalized spacial score (nSPS) is 11.8. The summed E-state index contributed by atoms with van der Waals surface area (Å²) in [5.74, 6) is -1.47. The van der Waals surface area contributed by atoms with Crippen LogP contribution >= 0.6 is 0 Å². The molecule has 2 rings (SSSR count). The Morgan fingerprint density at radius 3 is 2.17 bits per heavy atom. The topological polar surface area (TPSA) is 66.4 Å². The molecule has 0 aromatic heterocycles. The number of hydrogen-bond acceptors (Lipinski definition) is 2. The Morgan fingerprint density at radius 1 is 1.04 bits per heavy atom. The van der Waals surface area contributed by atoms with Crippen molar-refractivity contribution >= 4 is 17.6 Å². The van der Waals surface area contributed by atoms with Gasteiger partial charge in [0.25, 0.3) is 0 Å². The molecular formula is C20H23NO3. The molecule has 24 heavy (non-hydrogen) atoms. The van der Waals surface area contributed by atoms with Crippen LogP contribution in [0.3, 0.4) is 0 Å². The summed E-state index contributed by atoms with van der Waals surface area (Å²) in [4.78, 5) is 23.0. The van der Waals surface area contributed by atoms with E-state index in [1.807, 2.05) is 0 Å². The molecule has 0 aliphatic heterocycles. The van der Waals surface area contributed by atoms with Gasteiger partial charge in [-0.15, -0.1) is 0 Å². The van der Waals surface area contributed by atoms with Crippen LogP contribution in [0.5, 0.6) is 0 Å². The number of carboxylic acid groups (broad SMARTS) is 1. The van der Waals surface area contributed by atoms with Crippen LogP contribution in [0.15, 0.2) is 42.5 Å². The predicted octanol–water partition coefficient (Wildman–Crippen LogP) is 4.06. The van der Waals surface area contributed by atoms with Gasteiger partial charge in [0, 0.05) is 12.1 Å². The Hall–Kier alpha value is -2.62. The maximum Gasteiger partial charge on any atom is 0.310 e. The van der Waals surface area contributed by atoms with Crippen LogP contribution in [-0.4, -0.2) is 17.0 Å². The fourth-order valence-corrected chi connectivity index (χ4v) is 2.69. The minimum atomic E-state index is -0.861. The smallest absolute Gasteiger partial charge is 0.310 e. The average Bonchev–Trinajstić information content (AvgIpc) is 2.52. The van der Waals surface area contributed by atoms with Crippen molar-refractivity contribution in [2.24, 2.45) is 0 Å². The molecule has 1 unspecified atom stereocenters. The van der Waals surface area contributed by atoms with E-state index < -0.39 is 11.9 Å². The molecule has 0 radical (unpaired) electrons. The lowest BCUT2D eigenvalue weighted by molar-refractivity contribution is -0.138. The summed E-state index contributed by atoms with van der Waals surface area (Å²) in [7, 11) is 0. The first-order valence-electron chi connectivity index (χ1n) is 8.05. The second kappa shape index (κ2) is 7.77. The van der Waals surface area contributed by atoms with E-state index in [0.29, 0.717) is 18.5 Å². The van der Waals surface area contributed by atoms with E-state index >= 15 is 0 Å². The predicted molar refractivity (Wildman–Crippen MR) is 95.4 cm³/mol. The summed E-state index contributed by atoms with van der Waals surface area (Å²) in [6.07, 6.45) is 1.11. The number of carboxylic acids is 1. The minimum absolute atomic E-state index is 0.0480. The summed E-state index contributed by atoms with van der Waals surface area (Å²) < 4.78 is 0. The maximum atomic E-state index is 12.1. The fourth-order valence-electron chi connectivity index (χ4n) is 2.69. The van der Waals surface area contributed by atoms with E-state index in [1.165, 1.54) is 11.1 Å². The Balaban J connectivity index is 1.91. The SMILES string of the molecule is Cc1cc(C)cc(CCC(=O)Nc2ccc(C(C)C(=O)O)cc2)c1. The molecule has 0 heterocycles. The number of aryl methyl sites for hydroxylation is 3. The highest BCUT2D eigenvalue weighted by Crippen LogP contribution is 2.18. The zero-order valence-corrected chi connectivity index (χ0v) is 14.3. The van der Waals surface area contributed by atoms with Gasteiger partial charge in [-0.3, -0.25) is 9.59 Å². The van der Waals surface area contributed by atoms with Crippen LogP contribution < -0.4 is 5.32 Å². The lowest BCUT2D eigenvalue weighted by Gasteiger charge is -2.09. The summed E-state index contributed by atoms with van der Waals surface area (Å²) in [6, 6.07) is 13.3. The van der Waals surface area contributed by atoms with Crippen LogP contribution in [0.4, 0.5) is 5.69 Å². The number of benzene rings is 2. The fraction of sp³-hybridized carbons (Fsp3) is 0.300. The van der Waals surface area contributed by atoms with Gasteiger partial charge in [-0.05, 0) is 50.5 Å². The first kappa shape index (κ1) is 17.7. The zero-order chi connectivity index (χ0) is 17.7. The minimum Gasteiger partial charge on any atom is -0.481 e. The molecule has 2 aromatic rings. The number of carbonyl (C=O) groups is 2. The van der Waals surface area contributed by atoms with E-state index in [9.17, 15) is 9.59 Å². The van der Waals surface area contributed by atoms with Crippen molar-refractivity contribution in [2.45, 2.75) is 39.5 Å². The van der Waals surface area contributed by atoms with Crippen molar-refractivity contribution in [1.29, 1.82) is 0 Å². The van der Waals surface area contributed by atoms with Crippen molar-refractivity contribution in [3.8, 4) is 0 Å². The first-order chi connectivity index (χ1) is 11.3. The van der Waals surface area contributed by atoms with Crippen LogP contribution in [0.2, 0.25) is 0 Å². The first-order valence-corrected chi connectivity index (χ1v) is 8.05. The Kier molecular flexibility index (Phi) is 5.74. The van der Waals surface area contributed by atoms with Crippen molar-refractivity contribution in [3.05, 3.63) is 64.7 Å². The molecule has 1 atom stereocenters. The van der Waals surface area contributed by atoms with Gasteiger partial charge in [0.05, 0.1) is 5.92 Å². The Labute approximate surface area is 142 Å². The van der Waals surface area contributed by atoms with Crippen LogP contribution in [0.25, 0.3) is 0 Å². The number of rotatable bonds is 6. The molecule has 0 bridgehead atoms. The summed E-state index contributed by atoms with van der Waals surface area (Å²) in [5.41, 5.74) is 4.97. The molecule has 1 amide bonds. The summed E-state index contributed by atoms with van der Waals surface area (Å²) in [5, 5.41) is 11.8. The molecule has 2 aromatic carbocycles. The molecule has 0 spiro atoms. The molecule has 4 heteroatoms. The van der Waals surface area contributed by atoms with Gasteiger partial charge < -0.3 is 10.4 Å². The second-order valence-electron chi connectivity index (χ2n) is 6.23. The largest absolute Gasteiger partial charge is 0.481 e. The number of nitrogens with one attached hydrogen (secondary N) is 1. The number of anilines is 1. The highest BCUT2D eigenvalue weighted by atomic mass is 16.4. The van der Waals surface area contributed by atoms with Crippen LogP contribution in [0.1, 0.15) is 41.5 Å². The van der Waals surface area contributed by atoms with E-state index in [-0.39, 0.29) is 5.91 Å². The van der Waals surface area contributed by atoms with Crippen LogP contribution in [-0.2, 0) is 16.0 Å². The Bertz CT molecular complexity index is 715. The highest BCUT2D eigenvalue weighted by molar-refractivity contribution is 5.90. The maximum absolute atomic E-state index is 12.1. The van der Waals surface area contributed by atoms with Crippen molar-refractivity contribution < 1.29 is 14.7 Å². The van der Waals surface area contributed by atoms with Gasteiger partial charge in [-0.1, -0.05) is 41.5 Å². The molecule has 2 N–H and O–H groups in total. The number of hydrogen-bond donors (Lipinski definition) is 2. The van der Waals surface area contributed by atoms with E-state index in [2.05, 4.69) is 37.4 Å². The third kappa shape index (κ3) is 4.95. The molecular weight excluding hydrogens is 302 g/mol. The van der Waals surface area contributed by atoms with Gasteiger partial charge in [0.15, 0.2) is 0 Å². The monoisotopic (exact) mass is 325 g/mol. The van der Waals surface area contributed by atoms with Gasteiger partial charge in [0.2, 0.25) is 5.91 Å². The molecule has 0 aliphatic rings. The van der Waals surface area contributed by atoms with E-state index in [1.54, 1.807) is 31.2 Å². The number of amides is 1. The summed E-state index contributed by atoms with van der Waals surface area (Å²) in [6.45, 7) is 5.74. The lowest BCUT2D eigenvalue weighted by atomic mass is 10.0. The quantitative estimate of drug-likeness (QED) is 0.841. The molecule has 0 saturated carbocycles. The third-order valence-electron chi connectivity index (χ3n) is 3.99. The number of carbonyl (C=O) groups excluding carboxylic acids is 1. The van der Waals surface area contributed by atoms with Gasteiger partial charge >= 0.3 is 5.97 Å². The van der Waals surface area contributed by atoms with Crippen molar-refractivity contribution in [2.75, 3.05) is 5.32 Å². The van der Waals surface area contributed by atoms with Gasteiger partial charge in [0.1, 0.15) is 0 Å². The molecule has 0 fully saturated rings. The number of aliphatic carboxylic acids is 1. The molecule has 4 nitrogen and oxygen atoms in total. The van der Waals surface area contributed by atoms with Crippen molar-refractivity contribution in [3.63, 3.8) is 0 Å². The average molecular weight is 325 g/mol. The molecule has 0 aliphatic carbocycles. The standard InChI is InChI=1S/C20H23NO3/c1-13-10-14(2)12-16(11-13)4-9-19(22)21-18-7-5-17(6-8-18)15(3)20(23)24/h5-8,10-12,15H,4,9H2,1-3H3,(H,21,22)(H,23,24). The molecule has 0 saturated heterocycles. The second-order valence-corrected chi connectivity index (χ2v) is 6.23. The lowest BCUT2D eigenvalue weighted by Crippen LogP contribution is -2.13. The highest BCUT2D eigenvalue weighted by Gasteiger charge is 2.13. The Morgan fingerprint density at radius 2 is 1.62 bits per heavy atom. The van der Waals surface area contributed by atoms with Crippen molar-refractivity contribution in [1.82, 2.24) is 0 Å². The third-order valence-corrected chi connectivity index (χ3v) is 3.99. The molecule has 126 valence electrons. The van der Waals surface area contributed by atoms with Gasteiger partial charge in [-0.25, -0.2) is 0 Å². The van der Waals surface area contributed by atoms with Gasteiger partial charge in [-0.2, -0.15) is 0 Å². The van der Waals surface area contributed by atoms with Crippen LogP contribution in [0, 0.1) is 13.8 Å². The van der Waals surface area contributed by atoms with E-state index in [4.69, 9.17) is 5.11 Å². The van der Waals surface area contributed by atoms with E-state index in [0.717, 1.165) is 11.1 Å².